The minimum atomic E-state index is -2.42. The maximum atomic E-state index is 13.5. The monoisotopic (exact) mass is 390 g/mol. The van der Waals surface area contributed by atoms with Crippen molar-refractivity contribution in [2.24, 2.45) is 0 Å². The molecule has 0 radical (unpaired) electrons. The zero-order chi connectivity index (χ0) is 20.3. The van der Waals surface area contributed by atoms with E-state index < -0.39 is 64.6 Å². The summed E-state index contributed by atoms with van der Waals surface area (Å²) in [6.07, 6.45) is -0.828. The number of carbonyl (C=O) groups is 2. The van der Waals surface area contributed by atoms with Crippen molar-refractivity contribution in [3.05, 3.63) is 71.3 Å². The van der Waals surface area contributed by atoms with Gasteiger partial charge in [0.25, 0.3) is 0 Å². The van der Waals surface area contributed by atoms with E-state index in [1.165, 1.54) is 0 Å². The molecule has 0 saturated heterocycles. The third kappa shape index (κ3) is 4.46. The summed E-state index contributed by atoms with van der Waals surface area (Å²) < 4.78 is 87.6. The maximum Gasteiger partial charge on any atom is 0.339 e. The highest BCUT2D eigenvalue weighted by Gasteiger charge is 2.29. The fourth-order valence-electron chi connectivity index (χ4n) is 1.76. The van der Waals surface area contributed by atoms with E-state index in [1.807, 2.05) is 0 Å². The summed E-state index contributed by atoms with van der Waals surface area (Å²) in [5.41, 5.74) is -0.689. The van der Waals surface area contributed by atoms with E-state index in [4.69, 9.17) is 4.74 Å². The highest BCUT2D eigenvalue weighted by Crippen LogP contribution is 2.29. The van der Waals surface area contributed by atoms with Gasteiger partial charge in [0.1, 0.15) is 11.6 Å². The second-order valence-electron chi connectivity index (χ2n) is 5.00. The fourth-order valence-corrected chi connectivity index (χ4v) is 1.76. The molecule has 0 aliphatic carbocycles. The summed E-state index contributed by atoms with van der Waals surface area (Å²) in [5.74, 6) is -16.9. The van der Waals surface area contributed by atoms with Crippen LogP contribution in [0.1, 0.15) is 6.42 Å². The third-order valence-corrected chi connectivity index (χ3v) is 3.06. The zero-order valence-corrected chi connectivity index (χ0v) is 13.1. The molecule has 10 heteroatoms. The van der Waals surface area contributed by atoms with Crippen LogP contribution in [-0.2, 0) is 9.59 Å². The zero-order valence-electron chi connectivity index (χ0n) is 13.1. The van der Waals surface area contributed by atoms with Crippen LogP contribution in [0.15, 0.2) is 36.4 Å². The molecule has 0 bridgehead atoms. The van der Waals surface area contributed by atoms with Crippen molar-refractivity contribution < 1.29 is 45.4 Å². The number of rotatable bonds is 5. The van der Waals surface area contributed by atoms with Crippen LogP contribution in [0, 0.1) is 34.9 Å². The molecule has 0 saturated carbocycles. The Morgan fingerprint density at radius 1 is 0.778 bits per heavy atom. The molecule has 0 aromatic heterocycles. The molecule has 0 fully saturated rings. The molecule has 0 N–H and O–H groups in total. The first kappa shape index (κ1) is 20.0. The van der Waals surface area contributed by atoms with Crippen LogP contribution in [0.3, 0.4) is 0 Å². The SMILES string of the molecule is C=C(CC(=O)Oc1ccc(F)cc1)C(=O)Oc1c(F)c(F)c(F)c(F)c1F. The van der Waals surface area contributed by atoms with E-state index in [0.717, 1.165) is 24.3 Å². The van der Waals surface area contributed by atoms with Gasteiger partial charge in [0.2, 0.25) is 34.8 Å². The lowest BCUT2D eigenvalue weighted by atomic mass is 10.2. The van der Waals surface area contributed by atoms with Gasteiger partial charge in [-0.2, -0.15) is 8.78 Å². The Bertz CT molecular complexity index is 895. The number of carbonyl (C=O) groups excluding carboxylic acids is 2. The molecule has 142 valence electrons. The Labute approximate surface area is 147 Å². The second kappa shape index (κ2) is 7.94. The van der Waals surface area contributed by atoms with Crippen LogP contribution in [0.4, 0.5) is 26.3 Å². The average molecular weight is 390 g/mol. The number of ether oxygens (including phenoxy) is 2. The van der Waals surface area contributed by atoms with Crippen molar-refractivity contribution in [1.29, 1.82) is 0 Å². The van der Waals surface area contributed by atoms with Crippen LogP contribution >= 0.6 is 0 Å². The molecule has 0 atom stereocenters. The molecule has 0 amide bonds. The average Bonchev–Trinajstić information content (AvgIpc) is 2.63. The molecule has 0 aliphatic heterocycles. The summed E-state index contributed by atoms with van der Waals surface area (Å²) in [6.45, 7) is 3.13. The van der Waals surface area contributed by atoms with E-state index in [2.05, 4.69) is 11.3 Å². The lowest BCUT2D eigenvalue weighted by Crippen LogP contribution is -2.18. The number of hydrogen-bond acceptors (Lipinski definition) is 4. The smallest absolute Gasteiger partial charge is 0.339 e. The van der Waals surface area contributed by atoms with Crippen molar-refractivity contribution in [3.8, 4) is 11.5 Å². The van der Waals surface area contributed by atoms with Gasteiger partial charge < -0.3 is 9.47 Å². The van der Waals surface area contributed by atoms with Gasteiger partial charge in [-0.3, -0.25) is 4.79 Å². The summed E-state index contributed by atoms with van der Waals surface area (Å²) in [6, 6.07) is 4.22. The number of esters is 2. The topological polar surface area (TPSA) is 52.6 Å². The minimum Gasteiger partial charge on any atom is -0.426 e. The Hall–Kier alpha value is -3.30. The van der Waals surface area contributed by atoms with Gasteiger partial charge in [-0.25, -0.2) is 22.4 Å². The van der Waals surface area contributed by atoms with Crippen molar-refractivity contribution in [2.75, 3.05) is 0 Å². The van der Waals surface area contributed by atoms with Crippen molar-refractivity contribution in [3.63, 3.8) is 0 Å². The molecule has 2 rings (SSSR count). The van der Waals surface area contributed by atoms with Gasteiger partial charge >= 0.3 is 11.9 Å². The molecular weight excluding hydrogens is 382 g/mol. The Balaban J connectivity index is 2.07. The number of benzene rings is 2. The van der Waals surface area contributed by atoms with Crippen LogP contribution in [0.25, 0.3) is 0 Å². The van der Waals surface area contributed by atoms with Gasteiger partial charge in [-0.05, 0) is 24.3 Å². The van der Waals surface area contributed by atoms with Gasteiger partial charge in [-0.1, -0.05) is 6.58 Å². The standard InChI is InChI=1S/C17H8F6O4/c1-7(6-10(24)26-9-4-2-8(18)3-5-9)17(25)27-16-14(22)12(20)11(19)13(21)15(16)23/h2-5H,1,6H2. The Morgan fingerprint density at radius 3 is 1.78 bits per heavy atom. The lowest BCUT2D eigenvalue weighted by Gasteiger charge is -2.10. The van der Waals surface area contributed by atoms with E-state index in [1.54, 1.807) is 0 Å². The first-order chi connectivity index (χ1) is 12.6. The third-order valence-electron chi connectivity index (χ3n) is 3.06. The van der Waals surface area contributed by atoms with Crippen molar-refractivity contribution >= 4 is 11.9 Å². The largest absolute Gasteiger partial charge is 0.426 e. The fraction of sp³-hybridized carbons (Fsp3) is 0.0588. The van der Waals surface area contributed by atoms with E-state index in [-0.39, 0.29) is 5.75 Å². The first-order valence-corrected chi connectivity index (χ1v) is 6.99. The van der Waals surface area contributed by atoms with Gasteiger partial charge in [0, 0.05) is 5.57 Å². The molecule has 0 spiro atoms. The van der Waals surface area contributed by atoms with Gasteiger partial charge in [0.05, 0.1) is 6.42 Å². The summed E-state index contributed by atoms with van der Waals surface area (Å²) >= 11 is 0. The molecule has 4 nitrogen and oxygen atoms in total. The molecule has 0 heterocycles. The number of hydrogen-bond donors (Lipinski definition) is 0. The second-order valence-corrected chi connectivity index (χ2v) is 5.00. The lowest BCUT2D eigenvalue weighted by molar-refractivity contribution is -0.137. The molecule has 0 unspecified atom stereocenters. The highest BCUT2D eigenvalue weighted by atomic mass is 19.2. The molecule has 27 heavy (non-hydrogen) atoms. The highest BCUT2D eigenvalue weighted by molar-refractivity contribution is 5.94. The van der Waals surface area contributed by atoms with Gasteiger partial charge in [0.15, 0.2) is 0 Å². The predicted molar refractivity (Wildman–Crippen MR) is 77.7 cm³/mol. The molecular formula is C17H8F6O4. The van der Waals surface area contributed by atoms with Crippen LogP contribution in [-0.4, -0.2) is 11.9 Å². The Morgan fingerprint density at radius 2 is 1.26 bits per heavy atom. The quantitative estimate of drug-likeness (QED) is 0.194. The van der Waals surface area contributed by atoms with E-state index in [0.29, 0.717) is 0 Å². The van der Waals surface area contributed by atoms with E-state index in [9.17, 15) is 35.9 Å². The van der Waals surface area contributed by atoms with Crippen LogP contribution in [0.2, 0.25) is 0 Å². The Kier molecular flexibility index (Phi) is 5.88. The maximum absolute atomic E-state index is 13.5. The summed E-state index contributed by atoms with van der Waals surface area (Å²) in [7, 11) is 0. The molecule has 0 aliphatic rings. The predicted octanol–water partition coefficient (Wildman–Crippen LogP) is 3.98. The summed E-state index contributed by atoms with van der Waals surface area (Å²) in [4.78, 5) is 23.4. The molecule has 2 aromatic rings. The van der Waals surface area contributed by atoms with Crippen LogP contribution in [0.5, 0.6) is 11.5 Å². The first-order valence-electron chi connectivity index (χ1n) is 6.99. The van der Waals surface area contributed by atoms with Crippen LogP contribution < -0.4 is 9.47 Å². The van der Waals surface area contributed by atoms with E-state index >= 15 is 0 Å². The number of halogens is 6. The van der Waals surface area contributed by atoms with Crippen molar-refractivity contribution in [2.45, 2.75) is 6.42 Å². The minimum absolute atomic E-state index is 0.0673. The molecule has 2 aromatic carbocycles. The van der Waals surface area contributed by atoms with Crippen molar-refractivity contribution in [1.82, 2.24) is 0 Å². The van der Waals surface area contributed by atoms with Gasteiger partial charge in [-0.15, -0.1) is 0 Å². The normalized spacial score (nSPS) is 10.4. The summed E-state index contributed by atoms with van der Waals surface area (Å²) in [5, 5.41) is 0.